The summed E-state index contributed by atoms with van der Waals surface area (Å²) in [4.78, 5) is 2.69. The SMILES string of the molecule is Cc1ccccc1N1B2c3c(cc(-c4ccccc4)cc3-n3c4ccccc4c4cccc2c43)-c2c1cc1c3ccccc3n3c4ccccc4c2c13. The molecule has 0 aliphatic carbocycles. The first-order valence-corrected chi connectivity index (χ1v) is 18.6. The van der Waals surface area contributed by atoms with Gasteiger partial charge in [0.15, 0.2) is 0 Å². The summed E-state index contributed by atoms with van der Waals surface area (Å²) in [6.07, 6.45) is 0. The van der Waals surface area contributed by atoms with Crippen molar-refractivity contribution in [3.63, 3.8) is 0 Å². The number of anilines is 2. The fraction of sp³-hybridized carbons (Fsp3) is 0.0204. The molecule has 0 fully saturated rings. The Balaban J connectivity index is 1.31. The zero-order chi connectivity index (χ0) is 34.5. The summed E-state index contributed by atoms with van der Waals surface area (Å²) in [6.45, 7) is 2.23. The molecule has 0 atom stereocenters. The van der Waals surface area contributed by atoms with E-state index in [9.17, 15) is 0 Å². The molecule has 0 bridgehead atoms. The summed E-state index contributed by atoms with van der Waals surface area (Å²) < 4.78 is 5.09. The predicted molar refractivity (Wildman–Crippen MR) is 225 cm³/mol. The molecule has 53 heavy (non-hydrogen) atoms. The van der Waals surface area contributed by atoms with Crippen LogP contribution in [0.2, 0.25) is 0 Å². The minimum Gasteiger partial charge on any atom is -0.376 e. The Morgan fingerprint density at radius 1 is 0.453 bits per heavy atom. The van der Waals surface area contributed by atoms with E-state index in [2.05, 4.69) is 184 Å². The first kappa shape index (κ1) is 27.9. The van der Waals surface area contributed by atoms with Gasteiger partial charge in [-0.2, -0.15) is 0 Å². The summed E-state index contributed by atoms with van der Waals surface area (Å²) >= 11 is 0. The van der Waals surface area contributed by atoms with Crippen LogP contribution in [0.3, 0.4) is 0 Å². The molecular weight excluding hydrogens is 641 g/mol. The standard InChI is InChI=1S/C49H30BN3/c1-29-14-5-9-22-39(29)53-43-28-36-33-18-7-11-24-41(33)51-42-25-12-8-19-35(42)46(49(36)51)45(43)37-26-31(30-15-3-2-4-16-30)27-44-47(37)50(53)38-21-13-20-34-32-17-6-10-23-40(32)52(44)48(34)38/h2-28H,1H3. The van der Waals surface area contributed by atoms with Gasteiger partial charge >= 0.3 is 6.85 Å². The molecule has 0 saturated heterocycles. The molecule has 8 aromatic carbocycles. The molecule has 0 unspecified atom stereocenters. The Labute approximate surface area is 306 Å². The van der Waals surface area contributed by atoms with Crippen LogP contribution < -0.4 is 15.7 Å². The zero-order valence-electron chi connectivity index (χ0n) is 29.0. The molecule has 2 aliphatic rings. The lowest BCUT2D eigenvalue weighted by molar-refractivity contribution is 1.18. The average Bonchev–Trinajstić information content (AvgIpc) is 3.86. The normalized spacial score (nSPS) is 13.3. The van der Waals surface area contributed by atoms with Crippen LogP contribution in [0.4, 0.5) is 11.4 Å². The fourth-order valence-electron chi connectivity index (χ4n) is 10.3. The highest BCUT2D eigenvalue weighted by Crippen LogP contribution is 2.53. The van der Waals surface area contributed by atoms with Crippen LogP contribution in [-0.4, -0.2) is 15.8 Å². The van der Waals surface area contributed by atoms with Crippen LogP contribution >= 0.6 is 0 Å². The highest BCUT2D eigenvalue weighted by molar-refractivity contribution is 6.93. The monoisotopic (exact) mass is 671 g/mol. The van der Waals surface area contributed by atoms with Gasteiger partial charge in [0, 0.05) is 54.9 Å². The molecule has 3 aromatic heterocycles. The molecule has 3 nitrogen and oxygen atoms in total. The van der Waals surface area contributed by atoms with Crippen LogP contribution in [0, 0.1) is 6.92 Å². The highest BCUT2D eigenvalue weighted by Gasteiger charge is 2.45. The second-order valence-electron chi connectivity index (χ2n) is 14.9. The van der Waals surface area contributed by atoms with E-state index in [0.717, 1.165) is 0 Å². The van der Waals surface area contributed by atoms with Crippen LogP contribution in [0.25, 0.3) is 87.8 Å². The summed E-state index contributed by atoms with van der Waals surface area (Å²) in [5.74, 6) is 0. The summed E-state index contributed by atoms with van der Waals surface area (Å²) in [6, 6.07) is 61.3. The van der Waals surface area contributed by atoms with E-state index in [1.54, 1.807) is 0 Å². The molecule has 5 heterocycles. The van der Waals surface area contributed by atoms with Crippen LogP contribution in [-0.2, 0) is 0 Å². The maximum absolute atomic E-state index is 2.69. The molecule has 13 rings (SSSR count). The third-order valence-corrected chi connectivity index (χ3v) is 12.3. The Morgan fingerprint density at radius 2 is 1.11 bits per heavy atom. The first-order chi connectivity index (χ1) is 26.3. The Morgan fingerprint density at radius 3 is 1.92 bits per heavy atom. The predicted octanol–water partition coefficient (Wildman–Crippen LogP) is 11.1. The van der Waals surface area contributed by atoms with Gasteiger partial charge in [-0.3, -0.25) is 0 Å². The summed E-state index contributed by atoms with van der Waals surface area (Å²) in [5.41, 5.74) is 19.2. The van der Waals surface area contributed by atoms with Crippen molar-refractivity contribution in [2.24, 2.45) is 0 Å². The number of aromatic nitrogens is 2. The molecule has 4 heteroatoms. The molecule has 11 aromatic rings. The van der Waals surface area contributed by atoms with E-state index in [1.807, 2.05) is 0 Å². The lowest BCUT2D eigenvalue weighted by atomic mass is 9.43. The van der Waals surface area contributed by atoms with Gasteiger partial charge in [0.25, 0.3) is 0 Å². The van der Waals surface area contributed by atoms with Gasteiger partial charge in [0.1, 0.15) is 0 Å². The van der Waals surface area contributed by atoms with Gasteiger partial charge in [0.2, 0.25) is 0 Å². The lowest BCUT2D eigenvalue weighted by Gasteiger charge is -2.43. The molecule has 0 radical (unpaired) electrons. The summed E-state index contributed by atoms with van der Waals surface area (Å²) in [5, 5.41) is 7.81. The Hall–Kier alpha value is -6.78. The minimum atomic E-state index is -0.0337. The highest BCUT2D eigenvalue weighted by atomic mass is 15.1. The van der Waals surface area contributed by atoms with Crippen molar-refractivity contribution in [2.45, 2.75) is 6.92 Å². The summed E-state index contributed by atoms with van der Waals surface area (Å²) in [7, 11) is 0. The van der Waals surface area contributed by atoms with E-state index >= 15 is 0 Å². The van der Waals surface area contributed by atoms with E-state index in [0.29, 0.717) is 0 Å². The average molecular weight is 672 g/mol. The van der Waals surface area contributed by atoms with Crippen molar-refractivity contribution in [1.29, 1.82) is 0 Å². The van der Waals surface area contributed by atoms with Gasteiger partial charge in [-0.1, -0.05) is 121 Å². The molecular formula is C49H30BN3. The molecule has 244 valence electrons. The maximum Gasteiger partial charge on any atom is 0.333 e. The third-order valence-electron chi connectivity index (χ3n) is 12.3. The van der Waals surface area contributed by atoms with Crippen molar-refractivity contribution in [2.75, 3.05) is 4.81 Å². The molecule has 0 spiro atoms. The van der Waals surface area contributed by atoms with Crippen molar-refractivity contribution in [3.8, 4) is 27.9 Å². The van der Waals surface area contributed by atoms with Crippen LogP contribution in [0.1, 0.15) is 5.56 Å². The fourth-order valence-corrected chi connectivity index (χ4v) is 10.3. The molecule has 0 N–H and O–H groups in total. The smallest absolute Gasteiger partial charge is 0.333 e. The number of nitrogens with zero attached hydrogens (tertiary/aromatic N) is 3. The van der Waals surface area contributed by atoms with Crippen LogP contribution in [0.15, 0.2) is 164 Å². The lowest BCUT2D eigenvalue weighted by Crippen LogP contribution is -2.60. The van der Waals surface area contributed by atoms with Gasteiger partial charge in [-0.05, 0) is 82.6 Å². The third kappa shape index (κ3) is 3.33. The largest absolute Gasteiger partial charge is 0.376 e. The van der Waals surface area contributed by atoms with E-state index in [1.165, 1.54) is 116 Å². The van der Waals surface area contributed by atoms with Crippen molar-refractivity contribution in [1.82, 2.24) is 8.97 Å². The number of rotatable bonds is 2. The van der Waals surface area contributed by atoms with Crippen molar-refractivity contribution in [3.05, 3.63) is 169 Å². The molecule has 2 aliphatic heterocycles. The minimum absolute atomic E-state index is 0.0337. The number of fused-ring (bicyclic) bond motifs is 14. The second-order valence-corrected chi connectivity index (χ2v) is 14.9. The van der Waals surface area contributed by atoms with Gasteiger partial charge < -0.3 is 13.8 Å². The quantitative estimate of drug-likeness (QED) is 0.167. The number of benzene rings is 8. The van der Waals surface area contributed by atoms with E-state index < -0.39 is 0 Å². The molecule has 0 saturated carbocycles. The van der Waals surface area contributed by atoms with Crippen LogP contribution in [0.5, 0.6) is 0 Å². The van der Waals surface area contributed by atoms with E-state index in [4.69, 9.17) is 0 Å². The first-order valence-electron chi connectivity index (χ1n) is 18.6. The molecule has 0 amide bonds. The Kier molecular flexibility index (Phi) is 5.13. The number of hydrogen-bond acceptors (Lipinski definition) is 1. The van der Waals surface area contributed by atoms with Crippen molar-refractivity contribution < 1.29 is 0 Å². The maximum atomic E-state index is 2.69. The second kappa shape index (κ2) is 9.75. The number of aryl methyl sites for hydroxylation is 1. The number of hydrogen-bond donors (Lipinski definition) is 0. The van der Waals surface area contributed by atoms with Gasteiger partial charge in [-0.15, -0.1) is 0 Å². The van der Waals surface area contributed by atoms with Gasteiger partial charge in [-0.25, -0.2) is 0 Å². The Bertz CT molecular complexity index is 3370. The zero-order valence-corrected chi connectivity index (χ0v) is 29.0. The van der Waals surface area contributed by atoms with Crippen molar-refractivity contribution >= 4 is 89.0 Å². The number of para-hydroxylation sites is 5. The topological polar surface area (TPSA) is 12.6 Å². The van der Waals surface area contributed by atoms with E-state index in [-0.39, 0.29) is 6.85 Å². The van der Waals surface area contributed by atoms with Gasteiger partial charge in [0.05, 0.1) is 27.6 Å².